The molecule has 0 unspecified atom stereocenters. The standard InChI is InChI=1S/C29H33N5O4/c1-16-8-7-9-18(10-16)15-33-22-12-23-20(17(2)24(25(30)35)26(36)38-23)11-21(22)32-27(33)31-14-19-13-28(3,4)34(37)29(19,5)6/h7-13,37H,14-15H2,1-6H3,(H2,30,35)(H,31,32). The van der Waals surface area contributed by atoms with Gasteiger partial charge in [0.2, 0.25) is 5.95 Å². The number of nitrogens with one attached hydrogen (secondary N) is 1. The third-order valence-corrected chi connectivity index (χ3v) is 7.53. The van der Waals surface area contributed by atoms with E-state index in [1.807, 2.05) is 57.4 Å². The van der Waals surface area contributed by atoms with Crippen molar-refractivity contribution in [1.29, 1.82) is 0 Å². The van der Waals surface area contributed by atoms with Crippen molar-refractivity contribution in [3.05, 3.63) is 80.7 Å². The number of benzene rings is 2. The second kappa shape index (κ2) is 8.82. The normalized spacial score (nSPS) is 16.8. The van der Waals surface area contributed by atoms with Crippen LogP contribution in [0.3, 0.4) is 0 Å². The first kappa shape index (κ1) is 25.7. The van der Waals surface area contributed by atoms with Gasteiger partial charge in [-0.1, -0.05) is 35.9 Å². The first-order valence-electron chi connectivity index (χ1n) is 12.6. The molecule has 0 fully saturated rings. The SMILES string of the molecule is Cc1cccc(Cn2c(NCC3=CC(C)(C)N(O)C3(C)C)nc3cc4c(C)c(C(N)=O)c(=O)oc4cc32)c1. The van der Waals surface area contributed by atoms with E-state index in [1.165, 1.54) is 5.06 Å². The summed E-state index contributed by atoms with van der Waals surface area (Å²) < 4.78 is 7.57. The maximum atomic E-state index is 12.5. The molecule has 1 aliphatic rings. The van der Waals surface area contributed by atoms with Crippen molar-refractivity contribution in [2.75, 3.05) is 11.9 Å². The lowest BCUT2D eigenvalue weighted by molar-refractivity contribution is -0.185. The van der Waals surface area contributed by atoms with E-state index >= 15 is 0 Å². The molecule has 198 valence electrons. The number of hydrogen-bond donors (Lipinski definition) is 3. The van der Waals surface area contributed by atoms with Gasteiger partial charge in [-0.25, -0.2) is 9.78 Å². The summed E-state index contributed by atoms with van der Waals surface area (Å²) in [6.45, 7) is 12.7. The molecule has 0 aliphatic carbocycles. The molecular formula is C29H33N5O4. The van der Waals surface area contributed by atoms with Gasteiger partial charge in [-0.05, 0) is 64.3 Å². The van der Waals surface area contributed by atoms with Crippen LogP contribution in [0.2, 0.25) is 0 Å². The molecule has 1 aliphatic heterocycles. The smallest absolute Gasteiger partial charge is 0.349 e. The molecule has 4 N–H and O–H groups in total. The van der Waals surface area contributed by atoms with Crippen LogP contribution in [-0.4, -0.2) is 43.4 Å². The minimum Gasteiger partial charge on any atom is -0.422 e. The second-order valence-corrected chi connectivity index (χ2v) is 11.1. The van der Waals surface area contributed by atoms with Gasteiger partial charge in [0.1, 0.15) is 11.1 Å². The van der Waals surface area contributed by atoms with Gasteiger partial charge >= 0.3 is 5.63 Å². The number of nitrogens with zero attached hydrogens (tertiary/aromatic N) is 3. The molecule has 9 heteroatoms. The summed E-state index contributed by atoms with van der Waals surface area (Å²) in [6, 6.07) is 11.9. The number of aromatic nitrogens is 2. The minimum absolute atomic E-state index is 0.152. The Morgan fingerprint density at radius 2 is 1.89 bits per heavy atom. The molecule has 9 nitrogen and oxygen atoms in total. The summed E-state index contributed by atoms with van der Waals surface area (Å²) in [5.41, 5.74) is 9.06. The highest BCUT2D eigenvalue weighted by Crippen LogP contribution is 2.38. The van der Waals surface area contributed by atoms with Crippen molar-refractivity contribution in [1.82, 2.24) is 14.6 Å². The number of amides is 1. The zero-order valence-corrected chi connectivity index (χ0v) is 22.5. The fourth-order valence-electron chi connectivity index (χ4n) is 5.50. The van der Waals surface area contributed by atoms with Crippen molar-refractivity contribution in [2.45, 2.75) is 59.2 Å². The largest absolute Gasteiger partial charge is 0.422 e. The van der Waals surface area contributed by atoms with Crippen molar-refractivity contribution in [3.63, 3.8) is 0 Å². The van der Waals surface area contributed by atoms with E-state index in [-0.39, 0.29) is 5.56 Å². The first-order chi connectivity index (χ1) is 17.8. The van der Waals surface area contributed by atoms with Gasteiger partial charge < -0.3 is 25.2 Å². The number of imidazole rings is 1. The van der Waals surface area contributed by atoms with Crippen molar-refractivity contribution >= 4 is 33.9 Å². The number of hydroxylamine groups is 2. The highest BCUT2D eigenvalue weighted by molar-refractivity contribution is 6.01. The van der Waals surface area contributed by atoms with Crippen LogP contribution in [0.25, 0.3) is 22.0 Å². The molecule has 0 spiro atoms. The molecular weight excluding hydrogens is 482 g/mol. The van der Waals surface area contributed by atoms with Gasteiger partial charge in [-0.15, -0.1) is 0 Å². The van der Waals surface area contributed by atoms with Gasteiger partial charge in [-0.3, -0.25) is 4.79 Å². The Hall–Kier alpha value is -3.95. The number of anilines is 1. The fourth-order valence-corrected chi connectivity index (χ4v) is 5.50. The lowest BCUT2D eigenvalue weighted by Gasteiger charge is -2.36. The molecule has 3 heterocycles. The Balaban J connectivity index is 1.64. The van der Waals surface area contributed by atoms with Crippen LogP contribution >= 0.6 is 0 Å². The highest BCUT2D eigenvalue weighted by Gasteiger charge is 2.44. The molecule has 4 aromatic rings. The quantitative estimate of drug-likeness (QED) is 0.255. The second-order valence-electron chi connectivity index (χ2n) is 11.1. The Morgan fingerprint density at radius 3 is 2.53 bits per heavy atom. The number of nitrogens with two attached hydrogens (primary N) is 1. The number of fused-ring (bicyclic) bond motifs is 2. The van der Waals surface area contributed by atoms with E-state index in [2.05, 4.69) is 23.5 Å². The summed E-state index contributed by atoms with van der Waals surface area (Å²) in [4.78, 5) is 29.3. The molecule has 2 aromatic carbocycles. The van der Waals surface area contributed by atoms with Crippen LogP contribution in [0, 0.1) is 13.8 Å². The molecule has 0 bridgehead atoms. The van der Waals surface area contributed by atoms with Crippen LogP contribution in [0.15, 0.2) is 57.3 Å². The Morgan fingerprint density at radius 1 is 1.16 bits per heavy atom. The monoisotopic (exact) mass is 515 g/mol. The molecule has 0 saturated heterocycles. The topological polar surface area (TPSA) is 127 Å². The zero-order valence-electron chi connectivity index (χ0n) is 22.5. The number of carbonyl (C=O) groups excluding carboxylic acids is 1. The first-order valence-corrected chi connectivity index (χ1v) is 12.6. The third-order valence-electron chi connectivity index (χ3n) is 7.53. The van der Waals surface area contributed by atoms with E-state index in [4.69, 9.17) is 15.1 Å². The number of hydrogen-bond acceptors (Lipinski definition) is 7. The number of aryl methyl sites for hydroxylation is 2. The van der Waals surface area contributed by atoms with E-state index in [0.717, 1.165) is 22.2 Å². The average Bonchev–Trinajstić information content (AvgIpc) is 3.23. The van der Waals surface area contributed by atoms with Gasteiger partial charge in [0.25, 0.3) is 5.91 Å². The summed E-state index contributed by atoms with van der Waals surface area (Å²) in [5.74, 6) is -0.184. The van der Waals surface area contributed by atoms with Crippen molar-refractivity contribution < 1.29 is 14.4 Å². The molecule has 1 amide bonds. The molecule has 5 rings (SSSR count). The lowest BCUT2D eigenvalue weighted by Crippen LogP contribution is -2.48. The third kappa shape index (κ3) is 4.17. The predicted octanol–water partition coefficient (Wildman–Crippen LogP) is 4.51. The number of rotatable bonds is 6. The van der Waals surface area contributed by atoms with E-state index < -0.39 is 22.6 Å². The van der Waals surface area contributed by atoms with Crippen LogP contribution in [-0.2, 0) is 6.54 Å². The van der Waals surface area contributed by atoms with Crippen LogP contribution in [0.1, 0.15) is 54.7 Å². The zero-order chi connectivity index (χ0) is 27.6. The summed E-state index contributed by atoms with van der Waals surface area (Å²) in [6.07, 6.45) is 2.07. The fraction of sp³-hybridized carbons (Fsp3) is 0.345. The van der Waals surface area contributed by atoms with E-state index in [9.17, 15) is 14.8 Å². The Kier molecular flexibility index (Phi) is 5.96. The Labute approximate surface area is 220 Å². The van der Waals surface area contributed by atoms with Crippen molar-refractivity contribution in [3.8, 4) is 0 Å². The van der Waals surface area contributed by atoms with Gasteiger partial charge in [0.15, 0.2) is 0 Å². The molecule has 2 aromatic heterocycles. The molecule has 0 saturated carbocycles. The Bertz CT molecular complexity index is 1690. The number of primary amides is 1. The van der Waals surface area contributed by atoms with Gasteiger partial charge in [0.05, 0.1) is 28.7 Å². The highest BCUT2D eigenvalue weighted by atomic mass is 16.5. The van der Waals surface area contributed by atoms with Crippen LogP contribution < -0.4 is 16.7 Å². The molecule has 0 radical (unpaired) electrons. The van der Waals surface area contributed by atoms with Gasteiger partial charge in [-0.2, -0.15) is 5.06 Å². The van der Waals surface area contributed by atoms with E-state index in [1.54, 1.807) is 13.0 Å². The minimum atomic E-state index is -0.820. The average molecular weight is 516 g/mol. The summed E-state index contributed by atoms with van der Waals surface area (Å²) >= 11 is 0. The van der Waals surface area contributed by atoms with Gasteiger partial charge in [0, 0.05) is 18.0 Å². The molecule has 0 atom stereocenters. The van der Waals surface area contributed by atoms with Crippen LogP contribution in [0.5, 0.6) is 0 Å². The van der Waals surface area contributed by atoms with E-state index in [0.29, 0.717) is 41.1 Å². The summed E-state index contributed by atoms with van der Waals surface area (Å²) in [7, 11) is 0. The predicted molar refractivity (Wildman–Crippen MR) is 148 cm³/mol. The van der Waals surface area contributed by atoms with Crippen molar-refractivity contribution in [2.24, 2.45) is 5.73 Å². The number of carbonyl (C=O) groups is 1. The lowest BCUT2D eigenvalue weighted by atomic mass is 9.96. The summed E-state index contributed by atoms with van der Waals surface area (Å²) in [5, 5.41) is 16.2. The maximum Gasteiger partial charge on any atom is 0.349 e. The molecule has 38 heavy (non-hydrogen) atoms. The van der Waals surface area contributed by atoms with Crippen LogP contribution in [0.4, 0.5) is 5.95 Å². The maximum absolute atomic E-state index is 12.5.